The van der Waals surface area contributed by atoms with Crippen LogP contribution < -0.4 is 4.90 Å². The maximum absolute atomic E-state index is 13.4. The molecule has 0 spiro atoms. The summed E-state index contributed by atoms with van der Waals surface area (Å²) in [6, 6.07) is 6.28. The van der Waals surface area contributed by atoms with Crippen LogP contribution in [-0.4, -0.2) is 17.4 Å². The largest absolute Gasteiger partial charge is 0.308 e. The summed E-state index contributed by atoms with van der Waals surface area (Å²) in [6.45, 7) is 8.51. The third kappa shape index (κ3) is 3.95. The zero-order valence-electron chi connectivity index (χ0n) is 14.1. The molecule has 0 aliphatic carbocycles. The number of pyridine rings is 1. The smallest absolute Gasteiger partial charge is 0.258 e. The van der Waals surface area contributed by atoms with E-state index in [1.807, 2.05) is 13.8 Å². The lowest BCUT2D eigenvalue weighted by molar-refractivity contribution is 0.0982. The number of benzene rings is 1. The molecule has 1 aromatic heterocycles. The Hall–Kier alpha value is -2.23. The molecular weight excluding hydrogens is 291 g/mol. The van der Waals surface area contributed by atoms with Gasteiger partial charge in [0.05, 0.1) is 0 Å². The minimum Gasteiger partial charge on any atom is -0.308 e. The molecular formula is C19H23FN2O. The van der Waals surface area contributed by atoms with Crippen molar-refractivity contribution in [2.75, 3.05) is 11.4 Å². The van der Waals surface area contributed by atoms with Gasteiger partial charge in [0.15, 0.2) is 0 Å². The predicted octanol–water partition coefficient (Wildman–Crippen LogP) is 4.53. The van der Waals surface area contributed by atoms with E-state index in [-0.39, 0.29) is 11.7 Å². The van der Waals surface area contributed by atoms with E-state index in [2.05, 4.69) is 18.8 Å². The van der Waals surface area contributed by atoms with Crippen LogP contribution in [0.3, 0.4) is 0 Å². The van der Waals surface area contributed by atoms with Crippen molar-refractivity contribution in [2.45, 2.75) is 34.1 Å². The Morgan fingerprint density at radius 2 is 2.00 bits per heavy atom. The zero-order chi connectivity index (χ0) is 17.0. The van der Waals surface area contributed by atoms with E-state index in [4.69, 9.17) is 0 Å². The summed E-state index contributed by atoms with van der Waals surface area (Å²) >= 11 is 0. The summed E-state index contributed by atoms with van der Waals surface area (Å²) in [4.78, 5) is 18.9. The van der Waals surface area contributed by atoms with E-state index in [1.165, 1.54) is 12.1 Å². The van der Waals surface area contributed by atoms with Gasteiger partial charge in [-0.2, -0.15) is 0 Å². The first-order valence-corrected chi connectivity index (χ1v) is 7.92. The number of aromatic nitrogens is 1. The van der Waals surface area contributed by atoms with Gasteiger partial charge in [-0.3, -0.25) is 9.78 Å². The third-order valence-electron chi connectivity index (χ3n) is 4.14. The highest BCUT2D eigenvalue weighted by atomic mass is 19.1. The maximum Gasteiger partial charge on any atom is 0.258 e. The summed E-state index contributed by atoms with van der Waals surface area (Å²) in [5, 5.41) is 0. The molecule has 122 valence electrons. The van der Waals surface area contributed by atoms with E-state index < -0.39 is 0 Å². The molecule has 0 bridgehead atoms. The summed E-state index contributed by atoms with van der Waals surface area (Å²) in [6.07, 6.45) is 4.28. The van der Waals surface area contributed by atoms with E-state index in [1.54, 1.807) is 29.4 Å². The quantitative estimate of drug-likeness (QED) is 0.812. The molecule has 2 rings (SSSR count). The Labute approximate surface area is 137 Å². The summed E-state index contributed by atoms with van der Waals surface area (Å²) in [7, 11) is 0. The molecule has 0 fully saturated rings. The molecule has 0 saturated carbocycles. The van der Waals surface area contributed by atoms with Crippen molar-refractivity contribution in [1.29, 1.82) is 0 Å². The normalized spacial score (nSPS) is 12.0. The van der Waals surface area contributed by atoms with Crippen LogP contribution in [-0.2, 0) is 0 Å². The van der Waals surface area contributed by atoms with Gasteiger partial charge in [-0.1, -0.05) is 20.3 Å². The van der Waals surface area contributed by atoms with Crippen molar-refractivity contribution in [3.63, 3.8) is 0 Å². The van der Waals surface area contributed by atoms with Gasteiger partial charge in [-0.05, 0) is 55.2 Å². The van der Waals surface area contributed by atoms with Gasteiger partial charge in [0, 0.05) is 30.2 Å². The average Bonchev–Trinajstić information content (AvgIpc) is 2.53. The summed E-state index contributed by atoms with van der Waals surface area (Å²) in [5.41, 5.74) is 2.99. The molecule has 0 aliphatic rings. The minimum absolute atomic E-state index is 0.0695. The maximum atomic E-state index is 13.4. The fourth-order valence-corrected chi connectivity index (χ4v) is 2.51. The monoisotopic (exact) mass is 314 g/mol. The van der Waals surface area contributed by atoms with Crippen molar-refractivity contribution >= 4 is 11.6 Å². The number of nitrogens with zero attached hydrogens (tertiary/aromatic N) is 2. The van der Waals surface area contributed by atoms with Gasteiger partial charge >= 0.3 is 0 Å². The van der Waals surface area contributed by atoms with Gasteiger partial charge in [-0.15, -0.1) is 0 Å². The first kappa shape index (κ1) is 17.1. The number of carbonyl (C=O) groups is 1. The van der Waals surface area contributed by atoms with Gasteiger partial charge in [-0.25, -0.2) is 4.39 Å². The Bertz CT molecular complexity index is 700. The predicted molar refractivity (Wildman–Crippen MR) is 91.2 cm³/mol. The molecule has 2 aromatic rings. The number of hydrogen-bond acceptors (Lipinski definition) is 2. The molecule has 1 heterocycles. The van der Waals surface area contributed by atoms with Crippen LogP contribution in [0.1, 0.15) is 41.8 Å². The molecule has 3 nitrogen and oxygen atoms in total. The molecule has 23 heavy (non-hydrogen) atoms. The first-order chi connectivity index (χ1) is 10.9. The lowest BCUT2D eigenvalue weighted by atomic mass is 10.0. The number of rotatable bonds is 5. The van der Waals surface area contributed by atoms with Gasteiger partial charge in [0.2, 0.25) is 0 Å². The summed E-state index contributed by atoms with van der Waals surface area (Å²) < 4.78 is 13.4. The fraction of sp³-hybridized carbons (Fsp3) is 0.368. The van der Waals surface area contributed by atoms with Gasteiger partial charge in [0.1, 0.15) is 5.82 Å². The number of halogens is 1. The van der Waals surface area contributed by atoms with E-state index in [0.717, 1.165) is 23.2 Å². The molecule has 0 N–H and O–H groups in total. The molecule has 1 aromatic carbocycles. The second kappa shape index (κ2) is 7.36. The van der Waals surface area contributed by atoms with Crippen molar-refractivity contribution in [2.24, 2.45) is 5.92 Å². The highest BCUT2D eigenvalue weighted by Crippen LogP contribution is 2.25. The van der Waals surface area contributed by atoms with Gasteiger partial charge < -0.3 is 4.90 Å². The number of aryl methyl sites for hydroxylation is 2. The van der Waals surface area contributed by atoms with Crippen LogP contribution in [0.15, 0.2) is 36.7 Å². The Morgan fingerprint density at radius 1 is 1.26 bits per heavy atom. The Morgan fingerprint density at radius 3 is 2.61 bits per heavy atom. The van der Waals surface area contributed by atoms with Crippen molar-refractivity contribution < 1.29 is 9.18 Å². The second-order valence-corrected chi connectivity index (χ2v) is 6.05. The van der Waals surface area contributed by atoms with Crippen LogP contribution in [0, 0.1) is 25.6 Å². The highest BCUT2D eigenvalue weighted by Gasteiger charge is 2.22. The number of anilines is 1. The van der Waals surface area contributed by atoms with Crippen LogP contribution in [0.4, 0.5) is 10.1 Å². The fourth-order valence-electron chi connectivity index (χ4n) is 2.51. The topological polar surface area (TPSA) is 33.2 Å². The van der Waals surface area contributed by atoms with Crippen molar-refractivity contribution in [3.8, 4) is 0 Å². The summed E-state index contributed by atoms with van der Waals surface area (Å²) in [5.74, 6) is -0.00673. The molecule has 4 heteroatoms. The molecule has 0 radical (unpaired) electrons. The molecule has 0 saturated heterocycles. The molecule has 1 atom stereocenters. The number of hydrogen-bond donors (Lipinski definition) is 0. The van der Waals surface area contributed by atoms with Gasteiger partial charge in [0.25, 0.3) is 5.91 Å². The minimum atomic E-state index is -0.290. The van der Waals surface area contributed by atoms with E-state index in [9.17, 15) is 9.18 Å². The third-order valence-corrected chi connectivity index (χ3v) is 4.14. The first-order valence-electron chi connectivity index (χ1n) is 7.92. The second-order valence-electron chi connectivity index (χ2n) is 6.05. The van der Waals surface area contributed by atoms with E-state index in [0.29, 0.717) is 18.0 Å². The van der Waals surface area contributed by atoms with E-state index >= 15 is 0 Å². The molecule has 1 unspecified atom stereocenters. The van der Waals surface area contributed by atoms with Crippen LogP contribution in [0.25, 0.3) is 0 Å². The molecule has 1 amide bonds. The number of amides is 1. The Balaban J connectivity index is 2.45. The van der Waals surface area contributed by atoms with Crippen LogP contribution in [0.2, 0.25) is 0 Å². The van der Waals surface area contributed by atoms with Crippen molar-refractivity contribution in [3.05, 3.63) is 59.2 Å². The highest BCUT2D eigenvalue weighted by molar-refractivity contribution is 6.07. The average molecular weight is 314 g/mol. The standard InChI is InChI=1S/C19H23FN2O/c1-5-13(2)12-22(18-7-6-16(20)10-14(18)3)19(23)17-8-9-21-11-15(17)4/h6-11,13H,5,12H2,1-4H3. The molecule has 0 aliphatic heterocycles. The van der Waals surface area contributed by atoms with Crippen molar-refractivity contribution in [1.82, 2.24) is 4.98 Å². The Kier molecular flexibility index (Phi) is 5.48. The SMILES string of the molecule is CCC(C)CN(C(=O)c1ccncc1C)c1ccc(F)cc1C. The number of carbonyl (C=O) groups excluding carboxylic acids is 1. The zero-order valence-corrected chi connectivity index (χ0v) is 14.1. The van der Waals surface area contributed by atoms with Crippen LogP contribution >= 0.6 is 0 Å². The van der Waals surface area contributed by atoms with Crippen LogP contribution in [0.5, 0.6) is 0 Å². The lowest BCUT2D eigenvalue weighted by Gasteiger charge is -2.27. The lowest BCUT2D eigenvalue weighted by Crippen LogP contribution is -2.35.